The Morgan fingerprint density at radius 1 is 1.08 bits per heavy atom. The first-order chi connectivity index (χ1) is 6.40. The summed E-state index contributed by atoms with van der Waals surface area (Å²) in [5.74, 6) is 0. The molecule has 5 nitrogen and oxygen atoms in total. The first-order valence-corrected chi connectivity index (χ1v) is 3.99. The van der Waals surface area contributed by atoms with Crippen molar-refractivity contribution in [2.24, 2.45) is 26.4 Å². The lowest BCUT2D eigenvalue weighted by atomic mass is 10.1. The zero-order chi connectivity index (χ0) is 9.10. The van der Waals surface area contributed by atoms with Gasteiger partial charge in [-0.15, -0.1) is 10.2 Å². The summed E-state index contributed by atoms with van der Waals surface area (Å²) in [6.07, 6.45) is -0.258. The fourth-order valence-corrected chi connectivity index (χ4v) is 1.13. The average Bonchev–Trinajstić information content (AvgIpc) is 2.71. The topological polar surface area (TPSA) is 75.5 Å². The van der Waals surface area contributed by atoms with Gasteiger partial charge in [0.25, 0.3) is 0 Å². The maximum Gasteiger partial charge on any atom is 0.210 e. The maximum atomic E-state index is 5.47. The number of nitrogens with two attached hydrogens (primary N) is 1. The van der Waals surface area contributed by atoms with E-state index in [0.29, 0.717) is 6.54 Å². The summed E-state index contributed by atoms with van der Waals surface area (Å²) in [6.45, 7) is 0.550. The third-order valence-electron chi connectivity index (χ3n) is 1.88. The molecule has 2 N–H and O–H groups in total. The second kappa shape index (κ2) is 3.40. The van der Waals surface area contributed by atoms with Crippen molar-refractivity contribution >= 4 is 0 Å². The molecule has 0 unspecified atom stereocenters. The molecule has 5 heteroatoms. The first-order valence-electron chi connectivity index (χ1n) is 3.99. The number of nitrogens with zero attached hydrogens (tertiary/aromatic N) is 4. The number of benzene rings is 1. The van der Waals surface area contributed by atoms with E-state index >= 15 is 0 Å². The number of hydrogen-bond acceptors (Lipinski definition) is 5. The second-order valence-electron chi connectivity index (χ2n) is 2.73. The minimum absolute atomic E-state index is 0.258. The molecule has 0 aromatic heterocycles. The van der Waals surface area contributed by atoms with Gasteiger partial charge in [0.1, 0.15) is 0 Å². The lowest BCUT2D eigenvalue weighted by Gasteiger charge is -2.01. The van der Waals surface area contributed by atoms with Crippen LogP contribution in [0.2, 0.25) is 0 Å². The molecule has 0 saturated carbocycles. The minimum atomic E-state index is -0.258. The van der Waals surface area contributed by atoms with Crippen molar-refractivity contribution in [2.75, 3.05) is 0 Å². The van der Waals surface area contributed by atoms with Crippen LogP contribution in [-0.2, 0) is 6.54 Å². The molecule has 0 bridgehead atoms. The monoisotopic (exact) mass is 175 g/mol. The van der Waals surface area contributed by atoms with Gasteiger partial charge >= 0.3 is 0 Å². The van der Waals surface area contributed by atoms with E-state index in [0.717, 1.165) is 11.1 Å². The van der Waals surface area contributed by atoms with Crippen LogP contribution in [0.5, 0.6) is 0 Å². The molecule has 0 spiro atoms. The zero-order valence-electron chi connectivity index (χ0n) is 6.96. The lowest BCUT2D eigenvalue weighted by Crippen LogP contribution is -1.96. The van der Waals surface area contributed by atoms with Gasteiger partial charge in [0.15, 0.2) is 0 Å². The summed E-state index contributed by atoms with van der Waals surface area (Å²) in [7, 11) is 0. The van der Waals surface area contributed by atoms with Crippen molar-refractivity contribution in [1.29, 1.82) is 0 Å². The molecule has 66 valence electrons. The zero-order valence-corrected chi connectivity index (χ0v) is 6.96. The smallest absolute Gasteiger partial charge is 0.210 e. The number of hydrogen-bond donors (Lipinski definition) is 1. The van der Waals surface area contributed by atoms with E-state index in [1.54, 1.807) is 0 Å². The van der Waals surface area contributed by atoms with E-state index < -0.39 is 0 Å². The largest absolute Gasteiger partial charge is 0.326 e. The predicted octanol–water partition coefficient (Wildman–Crippen LogP) is 1.98. The molecule has 0 radical (unpaired) electrons. The van der Waals surface area contributed by atoms with Gasteiger partial charge in [-0.25, -0.2) is 0 Å². The minimum Gasteiger partial charge on any atom is -0.326 e. The van der Waals surface area contributed by atoms with Gasteiger partial charge in [-0.3, -0.25) is 0 Å². The average molecular weight is 175 g/mol. The fraction of sp³-hybridized carbons (Fsp3) is 0.250. The Labute approximate surface area is 75.4 Å². The molecule has 1 aliphatic rings. The van der Waals surface area contributed by atoms with Crippen molar-refractivity contribution in [1.82, 2.24) is 0 Å². The quantitative estimate of drug-likeness (QED) is 0.733. The molecule has 0 saturated heterocycles. The fourth-order valence-electron chi connectivity index (χ4n) is 1.13. The molecule has 1 aromatic rings. The maximum absolute atomic E-state index is 5.47. The summed E-state index contributed by atoms with van der Waals surface area (Å²) in [5, 5.41) is 14.5. The molecule has 0 fully saturated rings. The Hall–Kier alpha value is -1.62. The van der Waals surface area contributed by atoms with Gasteiger partial charge in [0, 0.05) is 12.1 Å². The van der Waals surface area contributed by atoms with Gasteiger partial charge in [-0.1, -0.05) is 24.3 Å². The standard InChI is InChI=1S/C8H9N5/c9-5-6-1-3-7(4-2-6)8-10-12-13-11-8/h1-4,8H,5,9H2. The van der Waals surface area contributed by atoms with Crippen LogP contribution in [0.3, 0.4) is 0 Å². The van der Waals surface area contributed by atoms with Crippen LogP contribution in [0, 0.1) is 0 Å². The normalized spacial score (nSPS) is 15.5. The van der Waals surface area contributed by atoms with Crippen LogP contribution in [0.1, 0.15) is 17.3 Å². The highest BCUT2D eigenvalue weighted by atomic mass is 15.6. The summed E-state index contributed by atoms with van der Waals surface area (Å²) >= 11 is 0. The Kier molecular flexibility index (Phi) is 2.09. The predicted molar refractivity (Wildman–Crippen MR) is 46.8 cm³/mol. The van der Waals surface area contributed by atoms with E-state index in [-0.39, 0.29) is 6.17 Å². The molecule has 1 aliphatic heterocycles. The molecule has 13 heavy (non-hydrogen) atoms. The van der Waals surface area contributed by atoms with Crippen molar-refractivity contribution in [3.8, 4) is 0 Å². The van der Waals surface area contributed by atoms with E-state index in [1.165, 1.54) is 0 Å². The van der Waals surface area contributed by atoms with Crippen molar-refractivity contribution in [3.63, 3.8) is 0 Å². The Morgan fingerprint density at radius 2 is 1.69 bits per heavy atom. The first kappa shape index (κ1) is 8.00. The van der Waals surface area contributed by atoms with E-state index in [9.17, 15) is 0 Å². The molecule has 0 atom stereocenters. The van der Waals surface area contributed by atoms with E-state index in [1.807, 2.05) is 24.3 Å². The second-order valence-corrected chi connectivity index (χ2v) is 2.73. The van der Waals surface area contributed by atoms with Crippen LogP contribution >= 0.6 is 0 Å². The highest BCUT2D eigenvalue weighted by molar-refractivity contribution is 5.24. The molecule has 1 aromatic carbocycles. The summed E-state index contributed by atoms with van der Waals surface area (Å²) in [4.78, 5) is 0. The van der Waals surface area contributed by atoms with E-state index in [4.69, 9.17) is 5.73 Å². The molecule has 2 rings (SSSR count). The van der Waals surface area contributed by atoms with Crippen LogP contribution < -0.4 is 5.73 Å². The molecular weight excluding hydrogens is 166 g/mol. The Morgan fingerprint density at radius 3 is 2.23 bits per heavy atom. The lowest BCUT2D eigenvalue weighted by molar-refractivity contribution is 0.764. The van der Waals surface area contributed by atoms with Gasteiger partial charge < -0.3 is 5.73 Å². The van der Waals surface area contributed by atoms with Crippen molar-refractivity contribution in [2.45, 2.75) is 12.7 Å². The number of rotatable bonds is 2. The van der Waals surface area contributed by atoms with Gasteiger partial charge in [-0.2, -0.15) is 0 Å². The Balaban J connectivity index is 2.22. The van der Waals surface area contributed by atoms with Crippen LogP contribution in [-0.4, -0.2) is 0 Å². The third kappa shape index (κ3) is 1.59. The Bertz CT molecular complexity index is 328. The van der Waals surface area contributed by atoms with Gasteiger partial charge in [-0.05, 0) is 16.0 Å². The molecule has 0 amide bonds. The van der Waals surface area contributed by atoms with Crippen molar-refractivity contribution < 1.29 is 0 Å². The summed E-state index contributed by atoms with van der Waals surface area (Å²) in [5.41, 5.74) is 7.55. The van der Waals surface area contributed by atoms with Crippen molar-refractivity contribution in [3.05, 3.63) is 35.4 Å². The summed E-state index contributed by atoms with van der Waals surface area (Å²) < 4.78 is 0. The molecule has 1 heterocycles. The molecule has 0 aliphatic carbocycles. The summed E-state index contributed by atoms with van der Waals surface area (Å²) in [6, 6.07) is 7.80. The van der Waals surface area contributed by atoms with Crippen LogP contribution in [0.15, 0.2) is 44.9 Å². The van der Waals surface area contributed by atoms with Gasteiger partial charge in [0.2, 0.25) is 6.17 Å². The third-order valence-corrected chi connectivity index (χ3v) is 1.88. The highest BCUT2D eigenvalue weighted by Gasteiger charge is 2.11. The van der Waals surface area contributed by atoms with Crippen LogP contribution in [0.4, 0.5) is 0 Å². The molecular formula is C8H9N5. The highest BCUT2D eigenvalue weighted by Crippen LogP contribution is 2.23. The van der Waals surface area contributed by atoms with E-state index in [2.05, 4.69) is 20.7 Å². The SMILES string of the molecule is NCc1ccc(C2N=NN=N2)cc1. The van der Waals surface area contributed by atoms with Crippen LogP contribution in [0.25, 0.3) is 0 Å². The van der Waals surface area contributed by atoms with Gasteiger partial charge in [0.05, 0.1) is 0 Å².